The molecule has 0 spiro atoms. The van der Waals surface area contributed by atoms with Gasteiger partial charge in [-0.1, -0.05) is 21.6 Å². The van der Waals surface area contributed by atoms with Crippen LogP contribution in [0.3, 0.4) is 0 Å². The van der Waals surface area contributed by atoms with Gasteiger partial charge in [0.05, 0.1) is 13.1 Å². The van der Waals surface area contributed by atoms with E-state index in [9.17, 15) is 9.59 Å². The lowest BCUT2D eigenvalue weighted by atomic mass is 10.6. The average Bonchev–Trinajstić information content (AvgIpc) is 2.21. The van der Waals surface area contributed by atoms with E-state index in [-0.39, 0.29) is 13.1 Å². The van der Waals surface area contributed by atoms with Crippen molar-refractivity contribution in [1.82, 2.24) is 8.61 Å². The molecule has 94 valence electrons. The van der Waals surface area contributed by atoms with Crippen LogP contribution < -0.4 is 0 Å². The van der Waals surface area contributed by atoms with Crippen LogP contribution in [0.4, 0.5) is 9.59 Å². The van der Waals surface area contributed by atoms with Crippen molar-refractivity contribution < 1.29 is 19.8 Å². The van der Waals surface area contributed by atoms with Gasteiger partial charge in [0.25, 0.3) is 0 Å². The van der Waals surface area contributed by atoms with Gasteiger partial charge in [0.15, 0.2) is 0 Å². The van der Waals surface area contributed by atoms with Crippen molar-refractivity contribution in [2.45, 2.75) is 0 Å². The monoisotopic (exact) mass is 304 g/mol. The molecule has 0 radical (unpaired) electrons. The largest absolute Gasteiger partial charge is 0.464 e. The maximum Gasteiger partial charge on any atom is 0.418 e. The van der Waals surface area contributed by atoms with Gasteiger partial charge in [0.2, 0.25) is 0 Å². The SMILES string of the molecule is CSSN(CCN(SSC)C(=O)O)C(=O)O. The fourth-order valence-electron chi connectivity index (χ4n) is 0.691. The molecule has 0 fully saturated rings. The zero-order valence-electron chi connectivity index (χ0n) is 8.65. The van der Waals surface area contributed by atoms with Crippen molar-refractivity contribution in [3.8, 4) is 0 Å². The van der Waals surface area contributed by atoms with Gasteiger partial charge in [-0.05, 0) is 12.5 Å². The van der Waals surface area contributed by atoms with E-state index in [1.165, 1.54) is 21.6 Å². The molecule has 6 nitrogen and oxygen atoms in total. The summed E-state index contributed by atoms with van der Waals surface area (Å²) < 4.78 is 2.20. The van der Waals surface area contributed by atoms with E-state index < -0.39 is 12.2 Å². The molecule has 10 heteroatoms. The van der Waals surface area contributed by atoms with E-state index in [2.05, 4.69) is 0 Å². The highest BCUT2D eigenvalue weighted by atomic mass is 33.1. The molecule has 0 aliphatic rings. The molecule has 0 aromatic rings. The Labute approximate surface area is 110 Å². The highest BCUT2D eigenvalue weighted by Gasteiger charge is 2.17. The molecule has 0 heterocycles. The average molecular weight is 304 g/mol. The zero-order chi connectivity index (χ0) is 12.6. The summed E-state index contributed by atoms with van der Waals surface area (Å²) in [5, 5.41) is 17.6. The Morgan fingerprint density at radius 1 is 0.938 bits per heavy atom. The molecule has 0 unspecified atom stereocenters. The van der Waals surface area contributed by atoms with Crippen LogP contribution in [-0.4, -0.2) is 56.6 Å². The third-order valence-electron chi connectivity index (χ3n) is 1.26. The quantitative estimate of drug-likeness (QED) is 0.549. The zero-order valence-corrected chi connectivity index (χ0v) is 11.9. The number of carbonyl (C=O) groups is 2. The fourth-order valence-corrected chi connectivity index (χ4v) is 3.40. The summed E-state index contributed by atoms with van der Waals surface area (Å²) in [7, 11) is 4.73. The Bertz CT molecular complexity index is 219. The molecule has 0 aliphatic heterocycles. The first-order valence-corrected chi connectivity index (χ1v) is 8.98. The minimum Gasteiger partial charge on any atom is -0.464 e. The lowest BCUT2D eigenvalue weighted by Crippen LogP contribution is -2.32. The second kappa shape index (κ2) is 9.02. The minimum atomic E-state index is -1.07. The first-order chi connectivity index (χ1) is 7.52. The topological polar surface area (TPSA) is 81.1 Å². The van der Waals surface area contributed by atoms with E-state index in [4.69, 9.17) is 10.2 Å². The highest BCUT2D eigenvalue weighted by molar-refractivity contribution is 8.76. The van der Waals surface area contributed by atoms with Crippen LogP contribution in [0.5, 0.6) is 0 Å². The number of carboxylic acid groups (broad SMARTS) is 2. The van der Waals surface area contributed by atoms with Crippen LogP contribution in [0.2, 0.25) is 0 Å². The van der Waals surface area contributed by atoms with E-state index in [0.717, 1.165) is 30.6 Å². The van der Waals surface area contributed by atoms with Gasteiger partial charge < -0.3 is 10.2 Å². The van der Waals surface area contributed by atoms with Gasteiger partial charge in [-0.25, -0.2) is 18.2 Å². The van der Waals surface area contributed by atoms with Gasteiger partial charge in [-0.2, -0.15) is 0 Å². The van der Waals surface area contributed by atoms with Gasteiger partial charge in [0.1, 0.15) is 0 Å². The number of hydrogen-bond donors (Lipinski definition) is 2. The molecule has 0 rings (SSSR count). The Morgan fingerprint density at radius 3 is 1.44 bits per heavy atom. The first-order valence-electron chi connectivity index (χ1n) is 3.95. The third-order valence-corrected chi connectivity index (χ3v) is 4.57. The second-order valence-corrected chi connectivity index (χ2v) is 6.99. The van der Waals surface area contributed by atoms with Gasteiger partial charge in [0, 0.05) is 22.0 Å². The van der Waals surface area contributed by atoms with Gasteiger partial charge >= 0.3 is 12.2 Å². The van der Waals surface area contributed by atoms with Crippen molar-refractivity contribution in [2.75, 3.05) is 25.6 Å². The Kier molecular flexibility index (Phi) is 8.99. The van der Waals surface area contributed by atoms with Crippen LogP contribution in [0.1, 0.15) is 0 Å². The standard InChI is InChI=1S/C6H12N2O4S4/c1-13-15-7(5(9)10)3-4-8(6(11)12)16-14-2/h3-4H2,1-2H3,(H,9,10)(H,11,12). The number of hydrogen-bond acceptors (Lipinski definition) is 6. The van der Waals surface area contributed by atoms with E-state index in [0.29, 0.717) is 0 Å². The van der Waals surface area contributed by atoms with Crippen LogP contribution in [-0.2, 0) is 0 Å². The summed E-state index contributed by atoms with van der Waals surface area (Å²) >= 11 is 0. The Hall–Kier alpha value is -0.0600. The molecule has 0 aromatic heterocycles. The molecule has 0 saturated carbocycles. The summed E-state index contributed by atoms with van der Waals surface area (Å²) in [4.78, 5) is 21.5. The molecule has 0 bridgehead atoms. The Morgan fingerprint density at radius 2 is 1.25 bits per heavy atom. The fraction of sp³-hybridized carbons (Fsp3) is 0.667. The summed E-state index contributed by atoms with van der Waals surface area (Å²) in [6.45, 7) is 0.279. The van der Waals surface area contributed by atoms with Gasteiger partial charge in [-0.15, -0.1) is 0 Å². The van der Waals surface area contributed by atoms with Crippen molar-refractivity contribution in [3.05, 3.63) is 0 Å². The van der Waals surface area contributed by atoms with E-state index in [1.807, 2.05) is 0 Å². The Balaban J connectivity index is 4.14. The number of nitrogens with zero attached hydrogens (tertiary/aromatic N) is 2. The predicted molar refractivity (Wildman–Crippen MR) is 71.7 cm³/mol. The smallest absolute Gasteiger partial charge is 0.418 e. The molecular weight excluding hydrogens is 292 g/mol. The molecular formula is C6H12N2O4S4. The molecule has 16 heavy (non-hydrogen) atoms. The summed E-state index contributed by atoms with van der Waals surface area (Å²) in [5.74, 6) is 0. The maximum absolute atomic E-state index is 10.7. The summed E-state index contributed by atoms with van der Waals surface area (Å²) in [5.41, 5.74) is 0. The predicted octanol–water partition coefficient (Wildman–Crippen LogP) is 2.80. The summed E-state index contributed by atoms with van der Waals surface area (Å²) in [6.07, 6.45) is 1.37. The maximum atomic E-state index is 10.7. The van der Waals surface area contributed by atoms with Crippen LogP contribution in [0, 0.1) is 0 Å². The second-order valence-electron chi connectivity index (χ2n) is 2.25. The lowest BCUT2D eigenvalue weighted by molar-refractivity contribution is 0.164. The summed E-state index contributed by atoms with van der Waals surface area (Å²) in [6, 6.07) is 0. The third kappa shape index (κ3) is 6.51. The van der Waals surface area contributed by atoms with Crippen LogP contribution >= 0.6 is 43.5 Å². The van der Waals surface area contributed by atoms with Crippen molar-refractivity contribution in [1.29, 1.82) is 0 Å². The first kappa shape index (κ1) is 15.9. The highest BCUT2D eigenvalue weighted by Crippen LogP contribution is 2.25. The van der Waals surface area contributed by atoms with Crippen LogP contribution in [0.25, 0.3) is 0 Å². The molecule has 0 aromatic carbocycles. The normalized spacial score (nSPS) is 9.88. The van der Waals surface area contributed by atoms with Crippen molar-refractivity contribution >= 4 is 55.7 Å². The van der Waals surface area contributed by atoms with Gasteiger partial charge in [-0.3, -0.25) is 0 Å². The van der Waals surface area contributed by atoms with Crippen molar-refractivity contribution in [3.63, 3.8) is 0 Å². The molecule has 0 atom stereocenters. The molecule has 0 saturated heterocycles. The van der Waals surface area contributed by atoms with Crippen LogP contribution in [0.15, 0.2) is 0 Å². The molecule has 2 amide bonds. The number of amides is 2. The van der Waals surface area contributed by atoms with Crippen molar-refractivity contribution in [2.24, 2.45) is 0 Å². The minimum absolute atomic E-state index is 0.140. The lowest BCUT2D eigenvalue weighted by Gasteiger charge is -2.20. The molecule has 0 aliphatic carbocycles. The molecule has 2 N–H and O–H groups in total. The number of rotatable bonds is 7. The van der Waals surface area contributed by atoms with E-state index >= 15 is 0 Å². The van der Waals surface area contributed by atoms with E-state index in [1.54, 1.807) is 12.5 Å².